The molecule has 0 saturated carbocycles. The summed E-state index contributed by atoms with van der Waals surface area (Å²) in [6.07, 6.45) is 0. The number of amides is 2. The van der Waals surface area contributed by atoms with Gasteiger partial charge in [0.1, 0.15) is 0 Å². The molecule has 0 unspecified atom stereocenters. The summed E-state index contributed by atoms with van der Waals surface area (Å²) in [6, 6.07) is 11.4. The molecule has 2 N–H and O–H groups in total. The Kier molecular flexibility index (Phi) is 5.23. The number of hydrazine groups is 1. The van der Waals surface area contributed by atoms with Crippen LogP contribution in [-0.2, 0) is 7.05 Å². The standard InChI is InChI=1S/C17H12ClIN4O3/c1-23-17(26)11-5-3-2-4-10(11)14(22-23)16(25)21-20-15(24)12-7-6-9(18)8-13(12)19/h2-8H,1H3,(H,20,24)(H,21,25). The van der Waals surface area contributed by atoms with E-state index in [2.05, 4.69) is 16.0 Å². The quantitative estimate of drug-likeness (QED) is 0.433. The van der Waals surface area contributed by atoms with Crippen molar-refractivity contribution < 1.29 is 9.59 Å². The zero-order chi connectivity index (χ0) is 18.8. The van der Waals surface area contributed by atoms with Crippen LogP contribution < -0.4 is 16.4 Å². The smallest absolute Gasteiger partial charge is 0.267 e. The maximum atomic E-state index is 12.5. The number of hydrogen-bond acceptors (Lipinski definition) is 4. The van der Waals surface area contributed by atoms with E-state index in [-0.39, 0.29) is 11.3 Å². The number of carbonyl (C=O) groups excluding carboxylic acids is 2. The van der Waals surface area contributed by atoms with Gasteiger partial charge in [-0.2, -0.15) is 5.10 Å². The van der Waals surface area contributed by atoms with Crippen LogP contribution in [0.4, 0.5) is 0 Å². The van der Waals surface area contributed by atoms with Crippen molar-refractivity contribution in [1.29, 1.82) is 0 Å². The first-order chi connectivity index (χ1) is 12.4. The van der Waals surface area contributed by atoms with Gasteiger partial charge in [0.25, 0.3) is 17.4 Å². The molecule has 0 radical (unpaired) electrons. The van der Waals surface area contributed by atoms with Gasteiger partial charge in [-0.1, -0.05) is 29.8 Å². The summed E-state index contributed by atoms with van der Waals surface area (Å²) in [7, 11) is 1.46. The lowest BCUT2D eigenvalue weighted by Crippen LogP contribution is -2.43. The summed E-state index contributed by atoms with van der Waals surface area (Å²) in [4.78, 5) is 36.8. The van der Waals surface area contributed by atoms with Crippen molar-refractivity contribution in [3.63, 3.8) is 0 Å². The third-order valence-electron chi connectivity index (χ3n) is 3.64. The van der Waals surface area contributed by atoms with Crippen LogP contribution in [-0.4, -0.2) is 21.6 Å². The molecule has 2 amide bonds. The largest absolute Gasteiger partial charge is 0.290 e. The molecule has 0 fully saturated rings. The van der Waals surface area contributed by atoms with Gasteiger partial charge in [-0.3, -0.25) is 25.2 Å². The summed E-state index contributed by atoms with van der Waals surface area (Å²) in [5.74, 6) is -1.12. The van der Waals surface area contributed by atoms with Gasteiger partial charge >= 0.3 is 0 Å². The lowest BCUT2D eigenvalue weighted by atomic mass is 10.1. The topological polar surface area (TPSA) is 93.1 Å². The third-order valence-corrected chi connectivity index (χ3v) is 4.76. The molecular weight excluding hydrogens is 471 g/mol. The van der Waals surface area contributed by atoms with Gasteiger partial charge in [0, 0.05) is 21.0 Å². The summed E-state index contributed by atoms with van der Waals surface area (Å²) in [5, 5.41) is 5.29. The SMILES string of the molecule is Cn1nc(C(=O)NNC(=O)c2ccc(Cl)cc2I)c2ccccc2c1=O. The van der Waals surface area contributed by atoms with Crippen LogP contribution in [0.2, 0.25) is 5.02 Å². The molecule has 0 saturated heterocycles. The van der Waals surface area contributed by atoms with Gasteiger partial charge in [0.2, 0.25) is 0 Å². The summed E-state index contributed by atoms with van der Waals surface area (Å²) < 4.78 is 1.73. The molecule has 3 aromatic rings. The van der Waals surface area contributed by atoms with Crippen molar-refractivity contribution in [2.24, 2.45) is 7.05 Å². The predicted molar refractivity (Wildman–Crippen MR) is 106 cm³/mol. The molecule has 0 spiro atoms. The zero-order valence-electron chi connectivity index (χ0n) is 13.4. The number of nitrogens with one attached hydrogen (secondary N) is 2. The minimum atomic E-state index is -0.630. The first kappa shape index (κ1) is 18.3. The third kappa shape index (κ3) is 3.56. The number of benzene rings is 2. The van der Waals surface area contributed by atoms with E-state index >= 15 is 0 Å². The van der Waals surface area contributed by atoms with Crippen LogP contribution in [0.5, 0.6) is 0 Å². The van der Waals surface area contributed by atoms with Gasteiger partial charge in [-0.25, -0.2) is 4.68 Å². The molecule has 0 atom stereocenters. The molecule has 2 aromatic carbocycles. The maximum absolute atomic E-state index is 12.5. The number of carbonyl (C=O) groups is 2. The van der Waals surface area contributed by atoms with E-state index in [4.69, 9.17) is 11.6 Å². The van der Waals surface area contributed by atoms with Crippen LogP contribution >= 0.6 is 34.2 Å². The van der Waals surface area contributed by atoms with Crippen LogP contribution in [0, 0.1) is 3.57 Å². The molecule has 7 nitrogen and oxygen atoms in total. The summed E-state index contributed by atoms with van der Waals surface area (Å²) in [6.45, 7) is 0. The monoisotopic (exact) mass is 482 g/mol. The second-order valence-corrected chi connectivity index (χ2v) is 6.95. The van der Waals surface area contributed by atoms with E-state index in [0.29, 0.717) is 24.9 Å². The molecule has 9 heteroatoms. The maximum Gasteiger partial charge on any atom is 0.290 e. The van der Waals surface area contributed by atoms with Crippen molar-refractivity contribution >= 4 is 56.8 Å². The highest BCUT2D eigenvalue weighted by molar-refractivity contribution is 14.1. The van der Waals surface area contributed by atoms with E-state index in [1.54, 1.807) is 42.5 Å². The average molecular weight is 483 g/mol. The lowest BCUT2D eigenvalue weighted by molar-refractivity contribution is 0.0843. The summed E-state index contributed by atoms with van der Waals surface area (Å²) in [5.41, 5.74) is 4.76. The van der Waals surface area contributed by atoms with Crippen molar-refractivity contribution in [3.8, 4) is 0 Å². The van der Waals surface area contributed by atoms with E-state index < -0.39 is 11.8 Å². The zero-order valence-corrected chi connectivity index (χ0v) is 16.3. The Bertz CT molecular complexity index is 1100. The number of aromatic nitrogens is 2. The Morgan fingerprint density at radius 3 is 2.42 bits per heavy atom. The molecule has 26 heavy (non-hydrogen) atoms. The second kappa shape index (κ2) is 7.42. The lowest BCUT2D eigenvalue weighted by Gasteiger charge is -2.10. The fourth-order valence-corrected chi connectivity index (χ4v) is 3.50. The van der Waals surface area contributed by atoms with E-state index in [9.17, 15) is 14.4 Å². The highest BCUT2D eigenvalue weighted by Gasteiger charge is 2.17. The average Bonchev–Trinajstić information content (AvgIpc) is 2.62. The predicted octanol–water partition coefficient (Wildman–Crippen LogP) is 2.27. The second-order valence-electron chi connectivity index (χ2n) is 5.36. The Labute approximate surface area is 166 Å². The molecule has 3 rings (SSSR count). The molecule has 0 aliphatic carbocycles. The fourth-order valence-electron chi connectivity index (χ4n) is 2.38. The molecule has 1 aromatic heterocycles. The van der Waals surface area contributed by atoms with Crippen LogP contribution in [0.1, 0.15) is 20.8 Å². The highest BCUT2D eigenvalue weighted by atomic mass is 127. The number of nitrogens with zero attached hydrogens (tertiary/aromatic N) is 2. The molecular formula is C17H12ClIN4O3. The minimum Gasteiger partial charge on any atom is -0.267 e. The van der Waals surface area contributed by atoms with E-state index in [0.717, 1.165) is 4.68 Å². The molecule has 0 bridgehead atoms. The number of rotatable bonds is 2. The minimum absolute atomic E-state index is 0.0359. The van der Waals surface area contributed by atoms with Gasteiger partial charge in [-0.15, -0.1) is 0 Å². The first-order valence-electron chi connectivity index (χ1n) is 7.40. The van der Waals surface area contributed by atoms with E-state index in [1.807, 2.05) is 22.6 Å². The summed E-state index contributed by atoms with van der Waals surface area (Å²) >= 11 is 7.85. The van der Waals surface area contributed by atoms with Gasteiger partial charge < -0.3 is 0 Å². The van der Waals surface area contributed by atoms with Crippen LogP contribution in [0.25, 0.3) is 10.8 Å². The van der Waals surface area contributed by atoms with E-state index in [1.165, 1.54) is 7.05 Å². The van der Waals surface area contributed by atoms with Gasteiger partial charge in [-0.05, 0) is 46.9 Å². The van der Waals surface area contributed by atoms with Gasteiger partial charge in [0.05, 0.1) is 10.9 Å². The highest BCUT2D eigenvalue weighted by Crippen LogP contribution is 2.18. The number of aryl methyl sites for hydroxylation is 1. The van der Waals surface area contributed by atoms with Crippen molar-refractivity contribution in [3.05, 3.63) is 72.7 Å². The Morgan fingerprint density at radius 2 is 1.73 bits per heavy atom. The molecule has 1 heterocycles. The van der Waals surface area contributed by atoms with Crippen molar-refractivity contribution in [1.82, 2.24) is 20.6 Å². The molecule has 0 aliphatic heterocycles. The van der Waals surface area contributed by atoms with Crippen LogP contribution in [0.15, 0.2) is 47.3 Å². The van der Waals surface area contributed by atoms with Gasteiger partial charge in [0.15, 0.2) is 5.69 Å². The normalized spacial score (nSPS) is 10.6. The van der Waals surface area contributed by atoms with Crippen molar-refractivity contribution in [2.45, 2.75) is 0 Å². The number of fused-ring (bicyclic) bond motifs is 1. The number of hydrogen-bond donors (Lipinski definition) is 2. The van der Waals surface area contributed by atoms with Crippen LogP contribution in [0.3, 0.4) is 0 Å². The molecule has 0 aliphatic rings. The number of halogens is 2. The Morgan fingerprint density at radius 1 is 1.08 bits per heavy atom. The van der Waals surface area contributed by atoms with Crippen molar-refractivity contribution in [2.75, 3.05) is 0 Å². The fraction of sp³-hybridized carbons (Fsp3) is 0.0588. The Balaban J connectivity index is 1.85. The first-order valence-corrected chi connectivity index (χ1v) is 8.86. The molecule has 132 valence electrons. The Hall–Kier alpha value is -2.46.